The first kappa shape index (κ1) is 15.4. The zero-order valence-electron chi connectivity index (χ0n) is 14.3. The van der Waals surface area contributed by atoms with Crippen LogP contribution in [0.4, 0.5) is 0 Å². The zero-order chi connectivity index (χ0) is 17.2. The Morgan fingerprint density at radius 3 is 2.76 bits per heavy atom. The maximum Gasteiger partial charge on any atom is 0.318 e. The van der Waals surface area contributed by atoms with E-state index in [0.717, 1.165) is 0 Å². The molecular formula is C20H23NO4. The van der Waals surface area contributed by atoms with E-state index in [9.17, 15) is 9.59 Å². The number of nitrogens with one attached hydrogen (secondary N) is 1. The van der Waals surface area contributed by atoms with Crippen molar-refractivity contribution in [3.8, 4) is 0 Å². The standard InChI is InChI=1S/C20H23NO4/c1-24-19(23)14-10-20(21-18(14)22)16(11-5-3-2-4-6-11)15-12-7-8-13(9-12)17(15)25-20/h2-6,12-17H,7-10H2,1H3,(H,21,22)/t12?,13?,14-,15+,16+,17+,20-/m0/s1. The Morgan fingerprint density at radius 2 is 2.00 bits per heavy atom. The maximum absolute atomic E-state index is 12.5. The van der Waals surface area contributed by atoms with Gasteiger partial charge in [-0.1, -0.05) is 30.3 Å². The van der Waals surface area contributed by atoms with E-state index >= 15 is 0 Å². The molecule has 25 heavy (non-hydrogen) atoms. The van der Waals surface area contributed by atoms with Crippen LogP contribution in [0, 0.1) is 23.7 Å². The van der Waals surface area contributed by atoms with Crippen LogP contribution in [0.1, 0.15) is 37.2 Å². The molecule has 2 saturated carbocycles. The molecule has 4 fully saturated rings. The maximum atomic E-state index is 12.5. The highest BCUT2D eigenvalue weighted by molar-refractivity contribution is 6.00. The van der Waals surface area contributed by atoms with E-state index in [0.29, 0.717) is 24.2 Å². The van der Waals surface area contributed by atoms with Crippen molar-refractivity contribution in [1.82, 2.24) is 5.32 Å². The number of rotatable bonds is 2. The van der Waals surface area contributed by atoms with Gasteiger partial charge in [0.25, 0.3) is 0 Å². The number of carbonyl (C=O) groups is 2. The second-order valence-corrected chi connectivity index (χ2v) is 8.04. The number of fused-ring (bicyclic) bond motifs is 5. The van der Waals surface area contributed by atoms with Gasteiger partial charge < -0.3 is 14.8 Å². The number of hydrogen-bond donors (Lipinski definition) is 1. The fourth-order valence-electron chi connectivity index (χ4n) is 6.06. The van der Waals surface area contributed by atoms with Crippen LogP contribution in [0.2, 0.25) is 0 Å². The molecule has 2 heterocycles. The number of hydrogen-bond acceptors (Lipinski definition) is 4. The van der Waals surface area contributed by atoms with E-state index in [1.54, 1.807) is 0 Å². The van der Waals surface area contributed by atoms with Gasteiger partial charge in [-0.25, -0.2) is 0 Å². The van der Waals surface area contributed by atoms with E-state index in [-0.39, 0.29) is 17.9 Å². The van der Waals surface area contributed by atoms with E-state index in [4.69, 9.17) is 9.47 Å². The van der Waals surface area contributed by atoms with Crippen LogP contribution >= 0.6 is 0 Å². The van der Waals surface area contributed by atoms with Crippen molar-refractivity contribution in [2.24, 2.45) is 23.7 Å². The molecule has 132 valence electrons. The van der Waals surface area contributed by atoms with Gasteiger partial charge in [0.05, 0.1) is 13.2 Å². The molecule has 2 aliphatic carbocycles. The highest BCUT2D eigenvalue weighted by Gasteiger charge is 2.67. The monoisotopic (exact) mass is 341 g/mol. The summed E-state index contributed by atoms with van der Waals surface area (Å²) in [5.41, 5.74) is 0.432. The number of esters is 1. The van der Waals surface area contributed by atoms with Gasteiger partial charge >= 0.3 is 5.97 Å². The van der Waals surface area contributed by atoms with Gasteiger partial charge in [-0.2, -0.15) is 0 Å². The fourth-order valence-corrected chi connectivity index (χ4v) is 6.06. The number of carbonyl (C=O) groups excluding carboxylic acids is 2. The number of methoxy groups -OCH3 is 1. The largest absolute Gasteiger partial charge is 0.468 e. The minimum atomic E-state index is -0.771. The van der Waals surface area contributed by atoms with Gasteiger partial charge in [-0.15, -0.1) is 0 Å². The molecule has 7 atom stereocenters. The normalized spacial score (nSPS) is 44.1. The topological polar surface area (TPSA) is 64.6 Å². The Bertz CT molecular complexity index is 720. The molecule has 1 amide bonds. The summed E-state index contributed by atoms with van der Waals surface area (Å²) in [5, 5.41) is 3.08. The number of ether oxygens (including phenoxy) is 2. The molecule has 4 aliphatic rings. The third kappa shape index (κ3) is 2.05. The molecule has 5 nitrogen and oxygen atoms in total. The van der Waals surface area contributed by atoms with Crippen LogP contribution < -0.4 is 5.32 Å². The van der Waals surface area contributed by atoms with Crippen LogP contribution in [0.5, 0.6) is 0 Å². The fraction of sp³-hybridized carbons (Fsp3) is 0.600. The SMILES string of the molecule is COC(=O)[C@H]1C[C@]2(NC1=O)O[C@@H]1C3CCC(C3)[C@@H]1[C@H]2c1ccccc1. The molecule has 0 aromatic heterocycles. The lowest BCUT2D eigenvalue weighted by Gasteiger charge is -2.34. The zero-order valence-corrected chi connectivity index (χ0v) is 14.3. The Balaban J connectivity index is 1.57. The Morgan fingerprint density at radius 1 is 1.24 bits per heavy atom. The highest BCUT2D eigenvalue weighted by Crippen LogP contribution is 2.63. The lowest BCUT2D eigenvalue weighted by atomic mass is 9.72. The van der Waals surface area contributed by atoms with Crippen LogP contribution in [0.3, 0.4) is 0 Å². The first-order chi connectivity index (χ1) is 12.1. The summed E-state index contributed by atoms with van der Waals surface area (Å²) >= 11 is 0. The van der Waals surface area contributed by atoms with Crippen molar-refractivity contribution in [2.75, 3.05) is 7.11 Å². The van der Waals surface area contributed by atoms with Crippen LogP contribution in [-0.4, -0.2) is 30.8 Å². The third-order valence-corrected chi connectivity index (χ3v) is 6.94. The second-order valence-electron chi connectivity index (χ2n) is 8.04. The molecule has 2 aliphatic heterocycles. The predicted molar refractivity (Wildman–Crippen MR) is 89.4 cm³/mol. The predicted octanol–water partition coefficient (Wildman–Crippen LogP) is 2.22. The summed E-state index contributed by atoms with van der Waals surface area (Å²) in [6, 6.07) is 10.3. The summed E-state index contributed by atoms with van der Waals surface area (Å²) in [6.45, 7) is 0. The summed E-state index contributed by atoms with van der Waals surface area (Å²) in [4.78, 5) is 24.6. The van der Waals surface area contributed by atoms with Crippen molar-refractivity contribution in [3.63, 3.8) is 0 Å². The Labute approximate surface area is 147 Å². The third-order valence-electron chi connectivity index (χ3n) is 6.94. The van der Waals surface area contributed by atoms with E-state index < -0.39 is 17.6 Å². The average Bonchev–Trinajstić information content (AvgIpc) is 3.36. The molecule has 1 spiro atoms. The minimum absolute atomic E-state index is 0.104. The van der Waals surface area contributed by atoms with Gasteiger partial charge in [0.1, 0.15) is 11.6 Å². The van der Waals surface area contributed by atoms with E-state index in [1.807, 2.05) is 18.2 Å². The van der Waals surface area contributed by atoms with Crippen molar-refractivity contribution in [3.05, 3.63) is 35.9 Å². The smallest absolute Gasteiger partial charge is 0.318 e. The lowest BCUT2D eigenvalue weighted by Crippen LogP contribution is -2.47. The molecule has 1 N–H and O–H groups in total. The summed E-state index contributed by atoms with van der Waals surface area (Å²) < 4.78 is 11.4. The Hall–Kier alpha value is -1.88. The van der Waals surface area contributed by atoms with Crippen molar-refractivity contribution in [2.45, 2.75) is 43.4 Å². The lowest BCUT2D eigenvalue weighted by molar-refractivity contribution is -0.148. The molecule has 2 bridgehead atoms. The minimum Gasteiger partial charge on any atom is -0.468 e. The van der Waals surface area contributed by atoms with E-state index in [2.05, 4.69) is 17.4 Å². The van der Waals surface area contributed by atoms with Crippen molar-refractivity contribution in [1.29, 1.82) is 0 Å². The van der Waals surface area contributed by atoms with Crippen LogP contribution in [0.15, 0.2) is 30.3 Å². The average molecular weight is 341 g/mol. The molecule has 1 aromatic rings. The van der Waals surface area contributed by atoms with E-state index in [1.165, 1.54) is 31.9 Å². The first-order valence-corrected chi connectivity index (χ1v) is 9.25. The van der Waals surface area contributed by atoms with Gasteiger partial charge in [-0.05, 0) is 42.6 Å². The highest BCUT2D eigenvalue weighted by atomic mass is 16.5. The summed E-state index contributed by atoms with van der Waals surface area (Å²) in [7, 11) is 1.33. The van der Waals surface area contributed by atoms with Gasteiger partial charge in [0.15, 0.2) is 0 Å². The second kappa shape index (κ2) is 5.31. The first-order valence-electron chi connectivity index (χ1n) is 9.25. The molecule has 5 heteroatoms. The van der Waals surface area contributed by atoms with Crippen molar-refractivity contribution >= 4 is 11.9 Å². The molecule has 1 aromatic carbocycles. The van der Waals surface area contributed by atoms with Crippen LogP contribution in [0.25, 0.3) is 0 Å². The molecular weight excluding hydrogens is 318 g/mol. The van der Waals surface area contributed by atoms with Gasteiger partial charge in [-0.3, -0.25) is 9.59 Å². The number of amides is 1. The van der Waals surface area contributed by atoms with Gasteiger partial charge in [0, 0.05) is 12.3 Å². The van der Waals surface area contributed by atoms with Crippen LogP contribution in [-0.2, 0) is 19.1 Å². The molecule has 2 saturated heterocycles. The van der Waals surface area contributed by atoms with Crippen molar-refractivity contribution < 1.29 is 19.1 Å². The van der Waals surface area contributed by atoms with Gasteiger partial charge in [0.2, 0.25) is 5.91 Å². The molecule has 2 unspecified atom stereocenters. The Kier molecular flexibility index (Phi) is 3.26. The summed E-state index contributed by atoms with van der Waals surface area (Å²) in [5.74, 6) is 0.284. The molecule has 0 radical (unpaired) electrons. The summed E-state index contributed by atoms with van der Waals surface area (Å²) in [6.07, 6.45) is 4.27. The molecule has 5 rings (SSSR count). The quantitative estimate of drug-likeness (QED) is 0.662. The number of benzene rings is 1.